The molecule has 1 aliphatic rings. The summed E-state index contributed by atoms with van der Waals surface area (Å²) in [6.07, 6.45) is 5.80. The molecule has 0 aromatic heterocycles. The van der Waals surface area contributed by atoms with Crippen LogP contribution in [0.4, 0.5) is 0 Å². The van der Waals surface area contributed by atoms with Gasteiger partial charge in [0.1, 0.15) is 6.10 Å². The highest BCUT2D eigenvalue weighted by Crippen LogP contribution is 2.16. The van der Waals surface area contributed by atoms with Gasteiger partial charge in [0.25, 0.3) is 0 Å². The molecule has 0 aromatic carbocycles. The van der Waals surface area contributed by atoms with E-state index in [1.807, 2.05) is 18.4 Å². The van der Waals surface area contributed by atoms with E-state index in [0.717, 1.165) is 0 Å². The van der Waals surface area contributed by atoms with E-state index >= 15 is 0 Å². The molecule has 0 amide bonds. The molecule has 0 aromatic rings. The summed E-state index contributed by atoms with van der Waals surface area (Å²) in [7, 11) is 6.31. The summed E-state index contributed by atoms with van der Waals surface area (Å²) < 4.78 is 22.7. The molecule has 2 atom stereocenters. The molecule has 0 fully saturated rings. The lowest BCUT2D eigenvalue weighted by Crippen LogP contribution is -2.51. The Bertz CT molecular complexity index is 458. The molecule has 142 valence electrons. The average molecular weight is 356 g/mol. The Morgan fingerprint density at radius 1 is 1.00 bits per heavy atom. The Hall–Kier alpha value is -1.48. The Kier molecular flexibility index (Phi) is 11.1. The molecule has 0 aliphatic carbocycles. The Morgan fingerprint density at radius 3 is 2.20 bits per heavy atom. The van der Waals surface area contributed by atoms with Crippen LogP contribution in [0.3, 0.4) is 0 Å². The van der Waals surface area contributed by atoms with Crippen molar-refractivity contribution < 1.29 is 23.4 Å². The molecule has 0 N–H and O–H groups in total. The summed E-state index contributed by atoms with van der Waals surface area (Å²) in [4.78, 5) is 7.14. The number of rotatable bonds is 14. The van der Waals surface area contributed by atoms with E-state index < -0.39 is 0 Å². The first kappa shape index (κ1) is 21.6. The minimum absolute atomic E-state index is 0.0348. The second-order valence-electron chi connectivity index (χ2n) is 6.34. The number of hydrogen-bond acceptors (Lipinski definition) is 6. The summed E-state index contributed by atoms with van der Waals surface area (Å²) in [5, 5.41) is 3.37. The predicted octanol–water partition coefficient (Wildman–Crippen LogP) is 1.40. The number of quaternary nitrogens is 1. The highest BCUT2D eigenvalue weighted by atomic mass is 16.6. The van der Waals surface area contributed by atoms with Crippen LogP contribution in [0.1, 0.15) is 0 Å². The summed E-state index contributed by atoms with van der Waals surface area (Å²) in [6.45, 7) is 3.78. The highest BCUT2D eigenvalue weighted by molar-refractivity contribution is 5.72. The SMILES string of the molecule is C[N+](C)(C)C1N=CC=CC1OCCOCCOCCOCCN=[N+]=[N-]. The van der Waals surface area contributed by atoms with Gasteiger partial charge in [-0.15, -0.1) is 0 Å². The van der Waals surface area contributed by atoms with Crippen molar-refractivity contribution in [3.63, 3.8) is 0 Å². The summed E-state index contributed by atoms with van der Waals surface area (Å²) in [6, 6.07) is 0. The number of ether oxygens (including phenoxy) is 4. The van der Waals surface area contributed by atoms with E-state index in [2.05, 4.69) is 36.2 Å². The van der Waals surface area contributed by atoms with Crippen molar-refractivity contribution >= 4 is 6.21 Å². The van der Waals surface area contributed by atoms with Crippen molar-refractivity contribution in [3.8, 4) is 0 Å². The lowest BCUT2D eigenvalue weighted by Gasteiger charge is -2.35. The molecular formula is C16H30N5O4+. The van der Waals surface area contributed by atoms with Crippen LogP contribution in [-0.4, -0.2) is 96.9 Å². The smallest absolute Gasteiger partial charge is 0.212 e. The summed E-state index contributed by atoms with van der Waals surface area (Å²) in [5.41, 5.74) is 8.10. The molecule has 1 heterocycles. The minimum Gasteiger partial charge on any atom is -0.379 e. The molecule has 9 nitrogen and oxygen atoms in total. The van der Waals surface area contributed by atoms with E-state index in [9.17, 15) is 0 Å². The molecule has 0 saturated heterocycles. The van der Waals surface area contributed by atoms with Crippen LogP contribution in [0, 0.1) is 0 Å². The highest BCUT2D eigenvalue weighted by Gasteiger charge is 2.32. The molecule has 0 radical (unpaired) electrons. The van der Waals surface area contributed by atoms with Crippen LogP contribution >= 0.6 is 0 Å². The van der Waals surface area contributed by atoms with Crippen LogP contribution in [0.5, 0.6) is 0 Å². The molecular weight excluding hydrogens is 326 g/mol. The van der Waals surface area contributed by atoms with Gasteiger partial charge in [0.05, 0.1) is 67.4 Å². The van der Waals surface area contributed by atoms with Crippen molar-refractivity contribution in [2.75, 3.05) is 73.9 Å². The van der Waals surface area contributed by atoms with Crippen molar-refractivity contribution in [2.24, 2.45) is 10.1 Å². The van der Waals surface area contributed by atoms with Crippen LogP contribution in [-0.2, 0) is 18.9 Å². The molecule has 0 spiro atoms. The van der Waals surface area contributed by atoms with Gasteiger partial charge in [-0.05, 0) is 17.7 Å². The molecule has 2 unspecified atom stereocenters. The lowest BCUT2D eigenvalue weighted by atomic mass is 10.2. The first-order chi connectivity index (χ1) is 12.1. The number of dihydropyridines is 1. The summed E-state index contributed by atoms with van der Waals surface area (Å²) in [5.74, 6) is 0. The zero-order valence-electron chi connectivity index (χ0n) is 15.4. The Labute approximate surface area is 149 Å². The monoisotopic (exact) mass is 356 g/mol. The fourth-order valence-corrected chi connectivity index (χ4v) is 2.20. The predicted molar refractivity (Wildman–Crippen MR) is 95.7 cm³/mol. The molecule has 1 aliphatic heterocycles. The first-order valence-electron chi connectivity index (χ1n) is 8.42. The van der Waals surface area contributed by atoms with Crippen molar-refractivity contribution in [1.82, 2.24) is 0 Å². The first-order valence-corrected chi connectivity index (χ1v) is 8.42. The molecule has 0 saturated carbocycles. The maximum atomic E-state index is 8.10. The van der Waals surface area contributed by atoms with Gasteiger partial charge in [-0.1, -0.05) is 5.11 Å². The number of aliphatic imine (C=N–C) groups is 1. The van der Waals surface area contributed by atoms with Crippen LogP contribution < -0.4 is 0 Å². The fraction of sp³-hybridized carbons (Fsp3) is 0.812. The number of nitrogens with zero attached hydrogens (tertiary/aromatic N) is 5. The third kappa shape index (κ3) is 10.2. The van der Waals surface area contributed by atoms with E-state index in [0.29, 0.717) is 57.3 Å². The second-order valence-corrected chi connectivity index (χ2v) is 6.34. The Balaban J connectivity index is 1.95. The fourth-order valence-electron chi connectivity index (χ4n) is 2.20. The standard InChI is InChI=1S/C16H30N5O4/c1-21(2,3)16-15(5-4-6-18-16)25-14-13-24-12-11-23-10-9-22-8-7-19-20-17/h4-6,15-16H,7-14H2,1-3H3/q+1. The molecule has 0 bridgehead atoms. The maximum Gasteiger partial charge on any atom is 0.212 e. The largest absolute Gasteiger partial charge is 0.379 e. The summed E-state index contributed by atoms with van der Waals surface area (Å²) >= 11 is 0. The second kappa shape index (κ2) is 12.8. The van der Waals surface area contributed by atoms with Gasteiger partial charge in [-0.3, -0.25) is 0 Å². The number of hydrogen-bond donors (Lipinski definition) is 0. The van der Waals surface area contributed by atoms with Gasteiger partial charge in [-0.2, -0.15) is 0 Å². The van der Waals surface area contributed by atoms with Crippen LogP contribution in [0.25, 0.3) is 10.4 Å². The van der Waals surface area contributed by atoms with Gasteiger partial charge in [-0.25, -0.2) is 4.99 Å². The van der Waals surface area contributed by atoms with Gasteiger partial charge >= 0.3 is 0 Å². The Morgan fingerprint density at radius 2 is 1.60 bits per heavy atom. The maximum absolute atomic E-state index is 8.10. The zero-order chi connectivity index (χ0) is 18.4. The number of allylic oxidation sites excluding steroid dienone is 1. The lowest BCUT2D eigenvalue weighted by molar-refractivity contribution is -0.898. The topological polar surface area (TPSA) is 98.0 Å². The van der Waals surface area contributed by atoms with E-state index in [4.69, 9.17) is 24.5 Å². The minimum atomic E-state index is -0.0348. The van der Waals surface area contributed by atoms with Crippen molar-refractivity contribution in [2.45, 2.75) is 12.3 Å². The van der Waals surface area contributed by atoms with Crippen LogP contribution in [0.2, 0.25) is 0 Å². The quantitative estimate of drug-likeness (QED) is 0.154. The molecule has 9 heteroatoms. The van der Waals surface area contributed by atoms with Crippen molar-refractivity contribution in [3.05, 3.63) is 22.6 Å². The van der Waals surface area contributed by atoms with Gasteiger partial charge in [0, 0.05) is 17.7 Å². The van der Waals surface area contributed by atoms with E-state index in [1.165, 1.54) is 0 Å². The average Bonchev–Trinajstić information content (AvgIpc) is 2.58. The molecule has 1 rings (SSSR count). The number of azide groups is 1. The van der Waals surface area contributed by atoms with Crippen LogP contribution in [0.15, 0.2) is 22.3 Å². The normalized spacial score (nSPS) is 19.8. The number of likely N-dealkylation sites (N-methyl/N-ethyl adjacent to an activating group) is 1. The zero-order valence-corrected chi connectivity index (χ0v) is 15.4. The van der Waals surface area contributed by atoms with E-state index in [1.54, 1.807) is 0 Å². The van der Waals surface area contributed by atoms with Crippen molar-refractivity contribution in [1.29, 1.82) is 0 Å². The van der Waals surface area contributed by atoms with Gasteiger partial charge < -0.3 is 23.4 Å². The molecule has 25 heavy (non-hydrogen) atoms. The van der Waals surface area contributed by atoms with Gasteiger partial charge in [0.15, 0.2) is 0 Å². The van der Waals surface area contributed by atoms with E-state index in [-0.39, 0.29) is 12.3 Å². The third-order valence-corrected chi connectivity index (χ3v) is 3.39. The third-order valence-electron chi connectivity index (χ3n) is 3.39. The van der Waals surface area contributed by atoms with Gasteiger partial charge in [0.2, 0.25) is 6.17 Å².